The lowest BCUT2D eigenvalue weighted by Gasteiger charge is -2.32. The Labute approximate surface area is 158 Å². The van der Waals surface area contributed by atoms with Gasteiger partial charge in [-0.25, -0.2) is 4.39 Å². The molecular formula is C19H26FN3O2S. The lowest BCUT2D eigenvalue weighted by molar-refractivity contribution is -0.121. The fourth-order valence-electron chi connectivity index (χ4n) is 3.17. The second kappa shape index (κ2) is 8.86. The molecule has 3 rings (SSSR count). The van der Waals surface area contributed by atoms with Gasteiger partial charge in [-0.05, 0) is 56.9 Å². The monoisotopic (exact) mass is 379 g/mol. The lowest BCUT2D eigenvalue weighted by Crippen LogP contribution is -2.47. The van der Waals surface area contributed by atoms with E-state index in [2.05, 4.69) is 15.5 Å². The molecule has 7 heteroatoms. The number of halogens is 1. The molecule has 1 atom stereocenters. The number of thioether (sulfide) groups is 1. The van der Waals surface area contributed by atoms with Crippen LogP contribution < -0.4 is 10.6 Å². The highest BCUT2D eigenvalue weighted by Gasteiger charge is 2.32. The van der Waals surface area contributed by atoms with Crippen molar-refractivity contribution in [3.8, 4) is 0 Å². The van der Waals surface area contributed by atoms with Gasteiger partial charge in [-0.2, -0.15) is 0 Å². The summed E-state index contributed by atoms with van der Waals surface area (Å²) in [5.74, 6) is -0.356. The van der Waals surface area contributed by atoms with E-state index in [0.717, 1.165) is 32.0 Å². The van der Waals surface area contributed by atoms with Gasteiger partial charge in [0.1, 0.15) is 5.82 Å². The first-order valence-electron chi connectivity index (χ1n) is 9.22. The van der Waals surface area contributed by atoms with Gasteiger partial charge >= 0.3 is 0 Å². The summed E-state index contributed by atoms with van der Waals surface area (Å²) in [5, 5.41) is 5.54. The predicted octanol–water partition coefficient (Wildman–Crippen LogP) is 2.63. The van der Waals surface area contributed by atoms with Crippen LogP contribution in [0, 0.1) is 5.82 Å². The fraction of sp³-hybridized carbons (Fsp3) is 0.579. The van der Waals surface area contributed by atoms with Gasteiger partial charge in [0.15, 0.2) is 0 Å². The minimum Gasteiger partial charge on any atom is -0.352 e. The van der Waals surface area contributed by atoms with Gasteiger partial charge < -0.3 is 15.5 Å². The van der Waals surface area contributed by atoms with Gasteiger partial charge in [-0.15, -0.1) is 11.8 Å². The molecule has 1 aromatic rings. The standard InChI is InChI=1S/C19H26FN3O2S/c1-13(26-12-18(24)21-15-4-2-14(20)3-5-15)19(25)22-16-8-10-23(11-9-16)17-6-7-17/h2-5,13,16-17H,6-12H2,1H3,(H,21,24)(H,22,25). The van der Waals surface area contributed by atoms with Gasteiger partial charge in [0.05, 0.1) is 11.0 Å². The van der Waals surface area contributed by atoms with Gasteiger partial charge in [0.25, 0.3) is 0 Å². The van der Waals surface area contributed by atoms with Gasteiger partial charge in [0, 0.05) is 30.9 Å². The van der Waals surface area contributed by atoms with E-state index >= 15 is 0 Å². The third-order valence-corrected chi connectivity index (χ3v) is 6.04. The number of benzene rings is 1. The van der Waals surface area contributed by atoms with Gasteiger partial charge in [-0.3, -0.25) is 9.59 Å². The van der Waals surface area contributed by atoms with Crippen molar-refractivity contribution >= 4 is 29.3 Å². The zero-order chi connectivity index (χ0) is 18.5. The van der Waals surface area contributed by atoms with Crippen molar-refractivity contribution in [1.82, 2.24) is 10.2 Å². The van der Waals surface area contributed by atoms with E-state index in [1.807, 2.05) is 6.92 Å². The van der Waals surface area contributed by atoms with Crippen LogP contribution in [0.4, 0.5) is 10.1 Å². The first-order valence-corrected chi connectivity index (χ1v) is 10.3. The summed E-state index contributed by atoms with van der Waals surface area (Å²) in [7, 11) is 0. The maximum atomic E-state index is 12.9. The first-order chi connectivity index (χ1) is 12.5. The Bertz CT molecular complexity index is 628. The van der Waals surface area contributed by atoms with Crippen molar-refractivity contribution in [2.24, 2.45) is 0 Å². The molecule has 0 spiro atoms. The molecule has 1 saturated heterocycles. The summed E-state index contributed by atoms with van der Waals surface area (Å²) in [6.45, 7) is 3.96. The average molecular weight is 380 g/mol. The lowest BCUT2D eigenvalue weighted by atomic mass is 10.0. The van der Waals surface area contributed by atoms with Crippen LogP contribution in [0.1, 0.15) is 32.6 Å². The Morgan fingerprint density at radius 2 is 1.85 bits per heavy atom. The van der Waals surface area contributed by atoms with Crippen LogP contribution in [-0.2, 0) is 9.59 Å². The van der Waals surface area contributed by atoms with E-state index in [-0.39, 0.29) is 34.7 Å². The number of piperidine rings is 1. The predicted molar refractivity (Wildman–Crippen MR) is 103 cm³/mol. The molecule has 2 fully saturated rings. The molecule has 1 aliphatic heterocycles. The summed E-state index contributed by atoms with van der Waals surface area (Å²) in [4.78, 5) is 26.8. The van der Waals surface area contributed by atoms with Crippen LogP contribution in [0.3, 0.4) is 0 Å². The number of carbonyl (C=O) groups excluding carboxylic acids is 2. The average Bonchev–Trinajstić information content (AvgIpc) is 3.47. The smallest absolute Gasteiger partial charge is 0.234 e. The van der Waals surface area contributed by atoms with E-state index in [4.69, 9.17) is 0 Å². The number of hydrogen-bond acceptors (Lipinski definition) is 4. The minimum atomic E-state index is -0.342. The topological polar surface area (TPSA) is 61.4 Å². The molecule has 142 valence electrons. The van der Waals surface area contributed by atoms with Crippen molar-refractivity contribution in [3.05, 3.63) is 30.1 Å². The Kier molecular flexibility index (Phi) is 6.53. The number of amides is 2. The maximum absolute atomic E-state index is 12.9. The summed E-state index contributed by atoms with van der Waals surface area (Å²) >= 11 is 1.31. The van der Waals surface area contributed by atoms with E-state index in [1.54, 1.807) is 0 Å². The molecule has 2 aliphatic rings. The molecule has 2 amide bonds. The van der Waals surface area contributed by atoms with Crippen LogP contribution in [0.15, 0.2) is 24.3 Å². The largest absolute Gasteiger partial charge is 0.352 e. The van der Waals surface area contributed by atoms with Crippen LogP contribution in [-0.4, -0.2) is 52.9 Å². The van der Waals surface area contributed by atoms with Gasteiger partial charge in [0.2, 0.25) is 11.8 Å². The fourth-order valence-corrected chi connectivity index (χ4v) is 3.87. The summed E-state index contributed by atoms with van der Waals surface area (Å²) in [6.07, 6.45) is 4.66. The van der Waals surface area contributed by atoms with Crippen molar-refractivity contribution < 1.29 is 14.0 Å². The maximum Gasteiger partial charge on any atom is 0.234 e. The second-order valence-electron chi connectivity index (χ2n) is 7.06. The number of anilines is 1. The minimum absolute atomic E-state index is 0.00514. The Hall–Kier alpha value is -1.60. The highest BCUT2D eigenvalue weighted by atomic mass is 32.2. The molecule has 0 radical (unpaired) electrons. The summed E-state index contributed by atoms with van der Waals surface area (Å²) in [5.41, 5.74) is 0.552. The third kappa shape index (κ3) is 5.71. The van der Waals surface area contributed by atoms with E-state index in [9.17, 15) is 14.0 Å². The van der Waals surface area contributed by atoms with Crippen LogP contribution in [0.2, 0.25) is 0 Å². The number of hydrogen-bond donors (Lipinski definition) is 2. The molecule has 1 saturated carbocycles. The SMILES string of the molecule is CC(SCC(=O)Nc1ccc(F)cc1)C(=O)NC1CCN(C2CC2)CC1. The highest BCUT2D eigenvalue weighted by molar-refractivity contribution is 8.01. The molecule has 1 heterocycles. The molecular weight excluding hydrogens is 353 g/mol. The molecule has 0 aromatic heterocycles. The number of rotatable bonds is 7. The molecule has 1 aliphatic carbocycles. The van der Waals surface area contributed by atoms with E-state index < -0.39 is 0 Å². The quantitative estimate of drug-likeness (QED) is 0.765. The van der Waals surface area contributed by atoms with Crippen LogP contribution >= 0.6 is 11.8 Å². The summed E-state index contributed by atoms with van der Waals surface area (Å²) in [6, 6.07) is 6.67. The van der Waals surface area contributed by atoms with Crippen molar-refractivity contribution in [1.29, 1.82) is 0 Å². The second-order valence-corrected chi connectivity index (χ2v) is 8.39. The van der Waals surface area contributed by atoms with Crippen LogP contribution in [0.5, 0.6) is 0 Å². The summed E-state index contributed by atoms with van der Waals surface area (Å²) < 4.78 is 12.9. The van der Waals surface area contributed by atoms with Crippen molar-refractivity contribution in [3.63, 3.8) is 0 Å². The highest BCUT2D eigenvalue weighted by Crippen LogP contribution is 2.29. The normalized spacial score (nSPS) is 19.8. The third-order valence-electron chi connectivity index (χ3n) is 4.90. The van der Waals surface area contributed by atoms with E-state index in [1.165, 1.54) is 48.9 Å². The van der Waals surface area contributed by atoms with Crippen LogP contribution in [0.25, 0.3) is 0 Å². The zero-order valence-electron chi connectivity index (χ0n) is 15.0. The molecule has 2 N–H and O–H groups in total. The van der Waals surface area contributed by atoms with Crippen molar-refractivity contribution in [2.45, 2.75) is 49.9 Å². The number of likely N-dealkylation sites (tertiary alicyclic amines) is 1. The van der Waals surface area contributed by atoms with Crippen molar-refractivity contribution in [2.75, 3.05) is 24.2 Å². The Morgan fingerprint density at radius 3 is 2.46 bits per heavy atom. The number of carbonyl (C=O) groups is 2. The number of nitrogens with one attached hydrogen (secondary N) is 2. The Morgan fingerprint density at radius 1 is 1.19 bits per heavy atom. The molecule has 26 heavy (non-hydrogen) atoms. The first kappa shape index (κ1) is 19.2. The zero-order valence-corrected chi connectivity index (χ0v) is 15.9. The van der Waals surface area contributed by atoms with Gasteiger partial charge in [-0.1, -0.05) is 0 Å². The molecule has 1 unspecified atom stereocenters. The molecule has 0 bridgehead atoms. The Balaban J connectivity index is 1.34. The number of nitrogens with zero attached hydrogens (tertiary/aromatic N) is 1. The molecule has 5 nitrogen and oxygen atoms in total. The van der Waals surface area contributed by atoms with E-state index in [0.29, 0.717) is 5.69 Å². The molecule has 1 aromatic carbocycles.